The maximum atomic E-state index is 11.0. The van der Waals surface area contributed by atoms with E-state index in [4.69, 9.17) is 0 Å². The zero-order chi connectivity index (χ0) is 14.3. The maximum absolute atomic E-state index is 11.0. The van der Waals surface area contributed by atoms with E-state index in [0.29, 0.717) is 12.1 Å². The fourth-order valence-corrected chi connectivity index (χ4v) is 3.84. The first kappa shape index (κ1) is 13.0. The van der Waals surface area contributed by atoms with Crippen molar-refractivity contribution in [3.8, 4) is 11.3 Å². The number of hydrogen-bond acceptors (Lipinski definition) is 3. The monoisotopic (exact) mass is 280 g/mol. The number of fused-ring (bicyclic) bond motifs is 2. The molecule has 2 aliphatic rings. The van der Waals surface area contributed by atoms with Gasteiger partial charge in [-0.2, -0.15) is 0 Å². The van der Waals surface area contributed by atoms with E-state index in [1.807, 2.05) is 18.2 Å². The number of piperidine rings is 1. The fraction of sp³-hybridized carbons (Fsp3) is 0.389. The zero-order valence-electron chi connectivity index (χ0n) is 12.0. The van der Waals surface area contributed by atoms with Gasteiger partial charge in [0.2, 0.25) is 0 Å². The van der Waals surface area contributed by atoms with Crippen molar-refractivity contribution in [3.05, 3.63) is 54.2 Å². The summed E-state index contributed by atoms with van der Waals surface area (Å²) in [5.74, 6) is 0. The van der Waals surface area contributed by atoms with Crippen molar-refractivity contribution in [3.63, 3.8) is 0 Å². The lowest BCUT2D eigenvalue weighted by molar-refractivity contribution is -0.0114. The molecule has 0 aliphatic carbocycles. The summed E-state index contributed by atoms with van der Waals surface area (Å²) in [5.41, 5.74) is 2.45. The molecule has 3 heterocycles. The molecule has 0 radical (unpaired) electrons. The fourth-order valence-electron chi connectivity index (χ4n) is 3.84. The minimum absolute atomic E-state index is 0.476. The van der Waals surface area contributed by atoms with Crippen LogP contribution in [-0.2, 0) is 5.60 Å². The number of nitrogens with one attached hydrogen (secondary N) is 1. The molecule has 0 amide bonds. The van der Waals surface area contributed by atoms with Crippen LogP contribution in [0.1, 0.15) is 31.2 Å². The Kier molecular flexibility index (Phi) is 3.05. The molecule has 0 spiro atoms. The predicted octanol–water partition coefficient (Wildman–Crippen LogP) is 2.85. The van der Waals surface area contributed by atoms with Crippen molar-refractivity contribution in [2.45, 2.75) is 43.4 Å². The summed E-state index contributed by atoms with van der Waals surface area (Å²) in [4.78, 5) is 4.37. The van der Waals surface area contributed by atoms with Gasteiger partial charge in [-0.3, -0.25) is 4.98 Å². The standard InChI is InChI=1S/C18H20N2O/c21-18(11-15-8-9-16(12-18)20-15)14-6-4-13(5-7-14)17-3-1-2-10-19-17/h1-7,10,15-16,20-21H,8-9,11-12H2. The molecule has 3 heteroatoms. The molecule has 2 aromatic rings. The number of rotatable bonds is 2. The van der Waals surface area contributed by atoms with Crippen LogP contribution in [0.4, 0.5) is 0 Å². The van der Waals surface area contributed by atoms with Crippen molar-refractivity contribution in [2.24, 2.45) is 0 Å². The van der Waals surface area contributed by atoms with Crippen LogP contribution in [0.15, 0.2) is 48.7 Å². The summed E-state index contributed by atoms with van der Waals surface area (Å²) >= 11 is 0. The van der Waals surface area contributed by atoms with E-state index >= 15 is 0 Å². The number of aliphatic hydroxyl groups is 1. The normalized spacial score (nSPS) is 31.3. The second-order valence-corrected chi connectivity index (χ2v) is 6.37. The molecule has 2 fully saturated rings. The summed E-state index contributed by atoms with van der Waals surface area (Å²) < 4.78 is 0. The summed E-state index contributed by atoms with van der Waals surface area (Å²) in [7, 11) is 0. The van der Waals surface area contributed by atoms with Crippen molar-refractivity contribution in [1.82, 2.24) is 10.3 Å². The Hall–Kier alpha value is -1.71. The third-order valence-corrected chi connectivity index (χ3v) is 4.89. The first-order valence-corrected chi connectivity index (χ1v) is 7.73. The van der Waals surface area contributed by atoms with Gasteiger partial charge in [-0.1, -0.05) is 30.3 Å². The quantitative estimate of drug-likeness (QED) is 0.889. The SMILES string of the molecule is OC1(c2ccc(-c3ccccn3)cc2)CC2CCC(C1)N2. The average Bonchev–Trinajstić information content (AvgIpc) is 2.88. The molecule has 2 bridgehead atoms. The highest BCUT2D eigenvalue weighted by atomic mass is 16.3. The molecular formula is C18H20N2O. The third kappa shape index (κ3) is 2.37. The van der Waals surface area contributed by atoms with Gasteiger partial charge in [0, 0.05) is 23.8 Å². The number of pyridine rings is 1. The highest BCUT2D eigenvalue weighted by Gasteiger charge is 2.43. The molecule has 1 aromatic heterocycles. The van der Waals surface area contributed by atoms with Crippen LogP contribution in [0.5, 0.6) is 0 Å². The highest BCUT2D eigenvalue weighted by molar-refractivity contribution is 5.59. The summed E-state index contributed by atoms with van der Waals surface area (Å²) in [6.45, 7) is 0. The smallest absolute Gasteiger partial charge is 0.0926 e. The molecule has 4 rings (SSSR count). The van der Waals surface area contributed by atoms with Gasteiger partial charge in [0.05, 0.1) is 11.3 Å². The Balaban J connectivity index is 1.62. The molecule has 21 heavy (non-hydrogen) atoms. The Morgan fingerprint density at radius 3 is 2.33 bits per heavy atom. The number of benzene rings is 1. The summed E-state index contributed by atoms with van der Waals surface area (Å²) in [5, 5.41) is 14.6. The molecule has 0 saturated carbocycles. The summed E-state index contributed by atoms with van der Waals surface area (Å²) in [6.07, 6.45) is 5.85. The van der Waals surface area contributed by atoms with Crippen LogP contribution in [-0.4, -0.2) is 22.2 Å². The molecule has 2 saturated heterocycles. The lowest BCUT2D eigenvalue weighted by Gasteiger charge is -2.37. The van der Waals surface area contributed by atoms with Gasteiger partial charge in [-0.15, -0.1) is 0 Å². The van der Waals surface area contributed by atoms with Gasteiger partial charge in [0.15, 0.2) is 0 Å². The van der Waals surface area contributed by atoms with Crippen molar-refractivity contribution >= 4 is 0 Å². The van der Waals surface area contributed by atoms with Gasteiger partial charge >= 0.3 is 0 Å². The van der Waals surface area contributed by atoms with Gasteiger partial charge in [0.1, 0.15) is 0 Å². The van der Waals surface area contributed by atoms with Crippen LogP contribution in [0, 0.1) is 0 Å². The van der Waals surface area contributed by atoms with Gasteiger partial charge < -0.3 is 10.4 Å². The van der Waals surface area contributed by atoms with Crippen molar-refractivity contribution in [2.75, 3.05) is 0 Å². The first-order chi connectivity index (χ1) is 10.2. The van der Waals surface area contributed by atoms with Gasteiger partial charge in [0.25, 0.3) is 0 Å². The minimum atomic E-state index is -0.667. The summed E-state index contributed by atoms with van der Waals surface area (Å²) in [6, 6.07) is 15.1. The van der Waals surface area contributed by atoms with Gasteiger partial charge in [-0.25, -0.2) is 0 Å². The predicted molar refractivity (Wildman–Crippen MR) is 82.7 cm³/mol. The molecule has 2 atom stereocenters. The van der Waals surface area contributed by atoms with E-state index in [1.165, 1.54) is 12.8 Å². The van der Waals surface area contributed by atoms with Crippen LogP contribution >= 0.6 is 0 Å². The Labute approximate surface area is 125 Å². The van der Waals surface area contributed by atoms with Crippen LogP contribution < -0.4 is 5.32 Å². The Bertz CT molecular complexity index is 611. The van der Waals surface area contributed by atoms with Crippen molar-refractivity contribution < 1.29 is 5.11 Å². The lowest BCUT2D eigenvalue weighted by Crippen LogP contribution is -2.46. The van der Waals surface area contributed by atoms with E-state index < -0.39 is 5.60 Å². The Morgan fingerprint density at radius 1 is 1.00 bits per heavy atom. The highest BCUT2D eigenvalue weighted by Crippen LogP contribution is 2.40. The molecule has 2 N–H and O–H groups in total. The topological polar surface area (TPSA) is 45.2 Å². The third-order valence-electron chi connectivity index (χ3n) is 4.89. The van der Waals surface area contributed by atoms with E-state index in [1.54, 1.807) is 6.20 Å². The van der Waals surface area contributed by atoms with Gasteiger partial charge in [-0.05, 0) is 43.4 Å². The molecular weight excluding hydrogens is 260 g/mol. The average molecular weight is 280 g/mol. The maximum Gasteiger partial charge on any atom is 0.0926 e. The van der Waals surface area contributed by atoms with Crippen LogP contribution in [0.25, 0.3) is 11.3 Å². The minimum Gasteiger partial charge on any atom is -0.385 e. The second-order valence-electron chi connectivity index (χ2n) is 6.37. The molecule has 3 nitrogen and oxygen atoms in total. The number of hydrogen-bond donors (Lipinski definition) is 2. The molecule has 108 valence electrons. The van der Waals surface area contributed by atoms with Crippen LogP contribution in [0.3, 0.4) is 0 Å². The lowest BCUT2D eigenvalue weighted by atomic mass is 9.81. The van der Waals surface area contributed by atoms with Crippen molar-refractivity contribution in [1.29, 1.82) is 0 Å². The van der Waals surface area contributed by atoms with E-state index in [9.17, 15) is 5.11 Å². The molecule has 2 unspecified atom stereocenters. The van der Waals surface area contributed by atoms with E-state index in [-0.39, 0.29) is 0 Å². The largest absolute Gasteiger partial charge is 0.385 e. The number of aromatic nitrogens is 1. The molecule has 2 aliphatic heterocycles. The Morgan fingerprint density at radius 2 is 1.71 bits per heavy atom. The first-order valence-electron chi connectivity index (χ1n) is 7.73. The van der Waals surface area contributed by atoms with Crippen LogP contribution in [0.2, 0.25) is 0 Å². The molecule has 1 aromatic carbocycles. The van der Waals surface area contributed by atoms with E-state index in [0.717, 1.165) is 29.7 Å². The van der Waals surface area contributed by atoms with E-state index in [2.05, 4.69) is 34.6 Å². The number of nitrogens with zero attached hydrogens (tertiary/aromatic N) is 1. The zero-order valence-corrected chi connectivity index (χ0v) is 12.0. The second kappa shape index (κ2) is 4.93.